The highest BCUT2D eigenvalue weighted by Crippen LogP contribution is 2.39. The zero-order chi connectivity index (χ0) is 11.5. The van der Waals surface area contributed by atoms with Gasteiger partial charge in [0.05, 0.1) is 11.6 Å². The molecule has 16 heavy (non-hydrogen) atoms. The van der Waals surface area contributed by atoms with Gasteiger partial charge in [0.15, 0.2) is 17.3 Å². The lowest BCUT2D eigenvalue weighted by Gasteiger charge is -2.20. The third kappa shape index (κ3) is 1.99. The maximum Gasteiger partial charge on any atom is 0.180 e. The minimum absolute atomic E-state index is 0.0653. The van der Waals surface area contributed by atoms with Crippen LogP contribution >= 0.6 is 11.6 Å². The van der Waals surface area contributed by atoms with Crippen molar-refractivity contribution in [3.05, 3.63) is 22.7 Å². The number of rotatable bonds is 3. The summed E-state index contributed by atoms with van der Waals surface area (Å²) in [6.45, 7) is 1.21. The molecule has 1 aromatic rings. The summed E-state index contributed by atoms with van der Waals surface area (Å²) in [5.74, 6) is 0.997. The van der Waals surface area contributed by atoms with Crippen molar-refractivity contribution in [1.29, 1.82) is 0 Å². The molecule has 86 valence electrons. The average Bonchev–Trinajstić information content (AvgIpc) is 2.30. The number of benzene rings is 1. The molecule has 1 aliphatic rings. The first kappa shape index (κ1) is 11.2. The Morgan fingerprint density at radius 1 is 1.44 bits per heavy atom. The van der Waals surface area contributed by atoms with Crippen molar-refractivity contribution in [3.63, 3.8) is 0 Å². The smallest absolute Gasteiger partial charge is 0.180 e. The Labute approximate surface area is 98.5 Å². The highest BCUT2D eigenvalue weighted by molar-refractivity contribution is 6.35. The monoisotopic (exact) mass is 241 g/mol. The van der Waals surface area contributed by atoms with E-state index in [0.29, 0.717) is 35.3 Å². The predicted octanol–water partition coefficient (Wildman–Crippen LogP) is 1.51. The molecular formula is C11H12ClNO3. The van der Waals surface area contributed by atoms with Gasteiger partial charge in [-0.3, -0.25) is 4.79 Å². The summed E-state index contributed by atoms with van der Waals surface area (Å²) >= 11 is 6.10. The molecule has 1 aromatic carbocycles. The fourth-order valence-corrected chi connectivity index (χ4v) is 1.87. The summed E-state index contributed by atoms with van der Waals surface area (Å²) in [6.07, 6.45) is 0. The lowest BCUT2D eigenvalue weighted by molar-refractivity contribution is 0.0992. The van der Waals surface area contributed by atoms with E-state index >= 15 is 0 Å². The van der Waals surface area contributed by atoms with Crippen molar-refractivity contribution in [2.75, 3.05) is 26.8 Å². The first-order valence-corrected chi connectivity index (χ1v) is 5.37. The molecular weight excluding hydrogens is 230 g/mol. The molecule has 0 aliphatic carbocycles. The zero-order valence-corrected chi connectivity index (χ0v) is 9.63. The van der Waals surface area contributed by atoms with E-state index in [1.54, 1.807) is 19.2 Å². The standard InChI is InChI=1S/C11H12ClNO3/c1-13-6-8(14)7-2-3-9-11(10(7)12)16-5-4-15-9/h2-3,13H,4-6H2,1H3. The molecule has 0 amide bonds. The predicted molar refractivity (Wildman–Crippen MR) is 60.7 cm³/mol. The molecule has 5 heteroatoms. The van der Waals surface area contributed by atoms with Crippen LogP contribution in [-0.4, -0.2) is 32.6 Å². The summed E-state index contributed by atoms with van der Waals surface area (Å²) in [4.78, 5) is 11.7. The van der Waals surface area contributed by atoms with Gasteiger partial charge >= 0.3 is 0 Å². The fraction of sp³-hybridized carbons (Fsp3) is 0.364. The van der Waals surface area contributed by atoms with Crippen molar-refractivity contribution >= 4 is 17.4 Å². The van der Waals surface area contributed by atoms with Crippen LogP contribution in [0.15, 0.2) is 12.1 Å². The minimum Gasteiger partial charge on any atom is -0.486 e. The van der Waals surface area contributed by atoms with Crippen LogP contribution in [0, 0.1) is 0 Å². The van der Waals surface area contributed by atoms with E-state index in [1.165, 1.54) is 0 Å². The van der Waals surface area contributed by atoms with E-state index < -0.39 is 0 Å². The van der Waals surface area contributed by atoms with E-state index in [9.17, 15) is 4.79 Å². The van der Waals surface area contributed by atoms with Crippen LogP contribution < -0.4 is 14.8 Å². The molecule has 0 aromatic heterocycles. The minimum atomic E-state index is -0.0653. The second kappa shape index (κ2) is 4.72. The third-order valence-electron chi connectivity index (χ3n) is 2.29. The molecule has 0 spiro atoms. The van der Waals surface area contributed by atoms with Crippen LogP contribution in [-0.2, 0) is 0 Å². The van der Waals surface area contributed by atoms with Gasteiger partial charge in [-0.05, 0) is 19.2 Å². The molecule has 0 saturated heterocycles. The second-order valence-corrected chi connectivity index (χ2v) is 3.78. The number of ether oxygens (including phenoxy) is 2. The molecule has 0 bridgehead atoms. The summed E-state index contributed by atoms with van der Waals surface area (Å²) in [6, 6.07) is 3.37. The van der Waals surface area contributed by atoms with Crippen molar-refractivity contribution < 1.29 is 14.3 Å². The van der Waals surface area contributed by atoms with Crippen LogP contribution in [0.3, 0.4) is 0 Å². The quantitative estimate of drug-likeness (QED) is 0.815. The van der Waals surface area contributed by atoms with Gasteiger partial charge in [-0.1, -0.05) is 11.6 Å². The Morgan fingerprint density at radius 2 is 2.19 bits per heavy atom. The van der Waals surface area contributed by atoms with E-state index in [-0.39, 0.29) is 12.3 Å². The Bertz CT molecular complexity index is 420. The first-order chi connectivity index (χ1) is 7.74. The number of carbonyl (C=O) groups is 1. The molecule has 0 radical (unpaired) electrons. The molecule has 1 N–H and O–H groups in total. The maximum atomic E-state index is 11.7. The maximum absolute atomic E-state index is 11.7. The Kier molecular flexibility index (Phi) is 3.31. The van der Waals surface area contributed by atoms with Crippen LogP contribution in [0.2, 0.25) is 5.02 Å². The molecule has 0 unspecified atom stereocenters. The van der Waals surface area contributed by atoms with E-state index in [1.807, 2.05) is 0 Å². The Hall–Kier alpha value is -1.26. The number of carbonyl (C=O) groups excluding carboxylic acids is 1. The molecule has 4 nitrogen and oxygen atoms in total. The number of likely N-dealkylation sites (N-methyl/N-ethyl adjacent to an activating group) is 1. The second-order valence-electron chi connectivity index (χ2n) is 3.40. The zero-order valence-electron chi connectivity index (χ0n) is 8.88. The Balaban J connectivity index is 2.37. The SMILES string of the molecule is CNCC(=O)c1ccc2c(c1Cl)OCCO2. The molecule has 0 saturated carbocycles. The van der Waals surface area contributed by atoms with Crippen molar-refractivity contribution in [2.24, 2.45) is 0 Å². The number of hydrogen-bond donors (Lipinski definition) is 1. The number of hydrogen-bond acceptors (Lipinski definition) is 4. The highest BCUT2D eigenvalue weighted by atomic mass is 35.5. The lowest BCUT2D eigenvalue weighted by Crippen LogP contribution is -2.20. The number of Topliss-reactive ketones (excluding diaryl/α,β-unsaturated/α-hetero) is 1. The van der Waals surface area contributed by atoms with Crippen LogP contribution in [0.1, 0.15) is 10.4 Å². The van der Waals surface area contributed by atoms with E-state index in [0.717, 1.165) is 0 Å². The summed E-state index contributed by atoms with van der Waals surface area (Å²) in [5, 5.41) is 3.12. The number of ketones is 1. The molecule has 0 fully saturated rings. The normalized spacial score (nSPS) is 13.6. The van der Waals surface area contributed by atoms with E-state index in [4.69, 9.17) is 21.1 Å². The highest BCUT2D eigenvalue weighted by Gasteiger charge is 2.20. The topological polar surface area (TPSA) is 47.6 Å². The summed E-state index contributed by atoms with van der Waals surface area (Å²) < 4.78 is 10.8. The number of nitrogens with one attached hydrogen (secondary N) is 1. The molecule has 0 atom stereocenters. The lowest BCUT2D eigenvalue weighted by atomic mass is 10.1. The number of halogens is 1. The van der Waals surface area contributed by atoms with Crippen LogP contribution in [0.25, 0.3) is 0 Å². The summed E-state index contributed by atoms with van der Waals surface area (Å²) in [7, 11) is 1.71. The summed E-state index contributed by atoms with van der Waals surface area (Å²) in [5.41, 5.74) is 0.459. The largest absolute Gasteiger partial charge is 0.486 e. The number of fused-ring (bicyclic) bond motifs is 1. The van der Waals surface area contributed by atoms with Gasteiger partial charge in [0.1, 0.15) is 13.2 Å². The Morgan fingerprint density at radius 3 is 2.94 bits per heavy atom. The molecule has 2 rings (SSSR count). The van der Waals surface area contributed by atoms with Crippen LogP contribution in [0.4, 0.5) is 0 Å². The van der Waals surface area contributed by atoms with E-state index in [2.05, 4.69) is 5.32 Å². The van der Waals surface area contributed by atoms with Crippen LogP contribution in [0.5, 0.6) is 11.5 Å². The van der Waals surface area contributed by atoms with Gasteiger partial charge < -0.3 is 14.8 Å². The van der Waals surface area contributed by atoms with Gasteiger partial charge in [-0.25, -0.2) is 0 Å². The van der Waals surface area contributed by atoms with Gasteiger partial charge in [0, 0.05) is 5.56 Å². The molecule has 1 heterocycles. The van der Waals surface area contributed by atoms with Gasteiger partial charge in [-0.15, -0.1) is 0 Å². The van der Waals surface area contributed by atoms with Gasteiger partial charge in [-0.2, -0.15) is 0 Å². The molecule has 1 aliphatic heterocycles. The van der Waals surface area contributed by atoms with Crippen molar-refractivity contribution in [3.8, 4) is 11.5 Å². The van der Waals surface area contributed by atoms with Crippen molar-refractivity contribution in [1.82, 2.24) is 5.32 Å². The first-order valence-electron chi connectivity index (χ1n) is 5.00. The average molecular weight is 242 g/mol. The fourth-order valence-electron chi connectivity index (χ4n) is 1.55. The third-order valence-corrected chi connectivity index (χ3v) is 2.66. The van der Waals surface area contributed by atoms with Gasteiger partial charge in [0.25, 0.3) is 0 Å². The van der Waals surface area contributed by atoms with Gasteiger partial charge in [0.2, 0.25) is 0 Å². The van der Waals surface area contributed by atoms with Crippen molar-refractivity contribution in [2.45, 2.75) is 0 Å².